The smallest absolute Gasteiger partial charge is 0.0446 e. The van der Waals surface area contributed by atoms with Crippen LogP contribution in [0.4, 0.5) is 11.4 Å². The third-order valence-electron chi connectivity index (χ3n) is 3.25. The largest absolute Gasteiger partial charge is 0.337 e. The summed E-state index contributed by atoms with van der Waals surface area (Å²) in [5, 5.41) is 0. The molecule has 0 radical (unpaired) electrons. The first kappa shape index (κ1) is 12.4. The molecule has 0 bridgehead atoms. The summed E-state index contributed by atoms with van der Waals surface area (Å²) in [6.07, 6.45) is 1.94. The number of benzene rings is 2. The van der Waals surface area contributed by atoms with Crippen molar-refractivity contribution in [3.8, 4) is 0 Å². The average molecular weight is 237 g/mol. The van der Waals surface area contributed by atoms with Crippen molar-refractivity contribution in [3.05, 3.63) is 72.3 Å². The molecule has 1 nitrogen and oxygen atoms in total. The van der Waals surface area contributed by atoms with Gasteiger partial charge in [0.15, 0.2) is 0 Å². The lowest BCUT2D eigenvalue weighted by Gasteiger charge is -2.26. The number of nitrogens with zero attached hydrogens (tertiary/aromatic N) is 1. The van der Waals surface area contributed by atoms with Crippen molar-refractivity contribution in [1.82, 2.24) is 0 Å². The van der Waals surface area contributed by atoms with Gasteiger partial charge in [-0.15, -0.1) is 6.58 Å². The highest BCUT2D eigenvalue weighted by atomic mass is 15.1. The molecule has 0 aliphatic heterocycles. The maximum atomic E-state index is 3.86. The lowest BCUT2D eigenvalue weighted by molar-refractivity contribution is 1.08. The molecule has 0 spiro atoms. The van der Waals surface area contributed by atoms with Gasteiger partial charge in [-0.05, 0) is 43.2 Å². The molecular weight excluding hydrogens is 218 g/mol. The van der Waals surface area contributed by atoms with Crippen LogP contribution in [0.5, 0.6) is 0 Å². The third-order valence-corrected chi connectivity index (χ3v) is 3.25. The van der Waals surface area contributed by atoms with Crippen molar-refractivity contribution in [2.45, 2.75) is 13.8 Å². The molecule has 0 aliphatic carbocycles. The number of rotatable bonds is 4. The van der Waals surface area contributed by atoms with E-state index in [-0.39, 0.29) is 0 Å². The Hall–Kier alpha value is -2.02. The van der Waals surface area contributed by atoms with Crippen LogP contribution in [0.2, 0.25) is 0 Å². The fourth-order valence-electron chi connectivity index (χ4n) is 2.11. The van der Waals surface area contributed by atoms with E-state index in [1.807, 2.05) is 12.1 Å². The predicted octanol–water partition coefficient (Wildman–Crippen LogP) is 4.63. The first-order chi connectivity index (χ1) is 8.74. The molecule has 0 saturated carbocycles. The molecule has 0 atom stereocenters. The van der Waals surface area contributed by atoms with Gasteiger partial charge in [-0.1, -0.05) is 36.4 Å². The highest BCUT2D eigenvalue weighted by molar-refractivity contribution is 5.67. The molecule has 0 aliphatic rings. The number of hydrogen-bond donors (Lipinski definition) is 0. The van der Waals surface area contributed by atoms with Gasteiger partial charge in [0.05, 0.1) is 0 Å². The summed E-state index contributed by atoms with van der Waals surface area (Å²) in [6.45, 7) is 8.99. The minimum Gasteiger partial charge on any atom is -0.337 e. The van der Waals surface area contributed by atoms with Crippen LogP contribution < -0.4 is 4.90 Å². The highest BCUT2D eigenvalue weighted by Gasteiger charge is 2.10. The van der Waals surface area contributed by atoms with Crippen molar-refractivity contribution in [1.29, 1.82) is 0 Å². The number of hydrogen-bond acceptors (Lipinski definition) is 1. The van der Waals surface area contributed by atoms with E-state index in [0.29, 0.717) is 0 Å². The van der Waals surface area contributed by atoms with Gasteiger partial charge in [-0.3, -0.25) is 0 Å². The molecule has 92 valence electrons. The molecular formula is C17H19N. The Bertz CT molecular complexity index is 529. The molecule has 0 fully saturated rings. The molecule has 2 aromatic rings. The summed E-state index contributed by atoms with van der Waals surface area (Å²) >= 11 is 0. The van der Waals surface area contributed by atoms with E-state index in [0.717, 1.165) is 6.54 Å². The van der Waals surface area contributed by atoms with Gasteiger partial charge in [-0.2, -0.15) is 0 Å². The van der Waals surface area contributed by atoms with Crippen LogP contribution in [0.25, 0.3) is 0 Å². The van der Waals surface area contributed by atoms with Crippen LogP contribution in [-0.4, -0.2) is 6.54 Å². The first-order valence-corrected chi connectivity index (χ1v) is 6.23. The summed E-state index contributed by atoms with van der Waals surface area (Å²) in [6, 6.07) is 16.9. The average Bonchev–Trinajstić information content (AvgIpc) is 2.41. The number of aryl methyl sites for hydroxylation is 1. The van der Waals surface area contributed by atoms with Gasteiger partial charge in [-0.25, -0.2) is 0 Å². The van der Waals surface area contributed by atoms with Gasteiger partial charge in [0.25, 0.3) is 0 Å². The summed E-state index contributed by atoms with van der Waals surface area (Å²) in [7, 11) is 0. The van der Waals surface area contributed by atoms with E-state index in [1.165, 1.54) is 22.5 Å². The van der Waals surface area contributed by atoms with Gasteiger partial charge >= 0.3 is 0 Å². The van der Waals surface area contributed by atoms with Crippen LogP contribution in [0.3, 0.4) is 0 Å². The van der Waals surface area contributed by atoms with Crippen LogP contribution in [-0.2, 0) is 0 Å². The molecule has 0 N–H and O–H groups in total. The molecule has 18 heavy (non-hydrogen) atoms. The van der Waals surface area contributed by atoms with Gasteiger partial charge in [0, 0.05) is 17.9 Å². The van der Waals surface area contributed by atoms with Crippen molar-refractivity contribution in [3.63, 3.8) is 0 Å². The monoisotopic (exact) mass is 237 g/mol. The number of para-hydroxylation sites is 1. The second-order valence-electron chi connectivity index (χ2n) is 4.45. The van der Waals surface area contributed by atoms with Gasteiger partial charge in [0.1, 0.15) is 0 Å². The highest BCUT2D eigenvalue weighted by Crippen LogP contribution is 2.29. The Labute approximate surface area is 109 Å². The summed E-state index contributed by atoms with van der Waals surface area (Å²) in [4.78, 5) is 2.29. The molecule has 2 rings (SSSR count). The molecule has 0 saturated heterocycles. The maximum absolute atomic E-state index is 3.86. The lowest BCUT2D eigenvalue weighted by atomic mass is 10.1. The normalized spacial score (nSPS) is 10.1. The predicted molar refractivity (Wildman–Crippen MR) is 79.6 cm³/mol. The first-order valence-electron chi connectivity index (χ1n) is 6.23. The van der Waals surface area contributed by atoms with Crippen molar-refractivity contribution in [2.75, 3.05) is 11.4 Å². The molecule has 0 unspecified atom stereocenters. The van der Waals surface area contributed by atoms with Crippen molar-refractivity contribution in [2.24, 2.45) is 0 Å². The second-order valence-corrected chi connectivity index (χ2v) is 4.45. The Kier molecular flexibility index (Phi) is 3.83. The second kappa shape index (κ2) is 5.54. The van der Waals surface area contributed by atoms with E-state index < -0.39 is 0 Å². The van der Waals surface area contributed by atoms with Gasteiger partial charge in [0.2, 0.25) is 0 Å². The zero-order chi connectivity index (χ0) is 13.0. The zero-order valence-electron chi connectivity index (χ0n) is 11.1. The SMILES string of the molecule is C=CCN(c1ccccc1)c1cccc(C)c1C. The van der Waals surface area contributed by atoms with E-state index in [2.05, 4.69) is 67.8 Å². The standard InChI is InChI=1S/C17H19N/c1-4-13-18(16-10-6-5-7-11-16)17-12-8-9-14(2)15(17)3/h4-12H,1,13H2,2-3H3. The van der Waals surface area contributed by atoms with Crippen molar-refractivity contribution >= 4 is 11.4 Å². The van der Waals surface area contributed by atoms with Gasteiger partial charge < -0.3 is 4.90 Å². The van der Waals surface area contributed by atoms with Crippen LogP contribution in [0, 0.1) is 13.8 Å². The summed E-state index contributed by atoms with van der Waals surface area (Å²) in [5.74, 6) is 0. The Morgan fingerprint density at radius 2 is 1.72 bits per heavy atom. The molecule has 0 heterocycles. The Morgan fingerprint density at radius 1 is 1.00 bits per heavy atom. The summed E-state index contributed by atoms with van der Waals surface area (Å²) < 4.78 is 0. The molecule has 0 aromatic heterocycles. The van der Waals surface area contributed by atoms with Crippen molar-refractivity contribution < 1.29 is 0 Å². The molecule has 2 aromatic carbocycles. The fourth-order valence-corrected chi connectivity index (χ4v) is 2.11. The fraction of sp³-hybridized carbons (Fsp3) is 0.176. The van der Waals surface area contributed by atoms with E-state index in [1.54, 1.807) is 0 Å². The third kappa shape index (κ3) is 2.45. The lowest BCUT2D eigenvalue weighted by Crippen LogP contribution is -2.17. The molecule has 1 heteroatoms. The number of anilines is 2. The van der Waals surface area contributed by atoms with E-state index in [4.69, 9.17) is 0 Å². The molecule has 0 amide bonds. The van der Waals surface area contributed by atoms with Crippen LogP contribution in [0.1, 0.15) is 11.1 Å². The Morgan fingerprint density at radius 3 is 2.39 bits per heavy atom. The van der Waals surface area contributed by atoms with Crippen LogP contribution in [0.15, 0.2) is 61.2 Å². The maximum Gasteiger partial charge on any atom is 0.0446 e. The van der Waals surface area contributed by atoms with Crippen LogP contribution >= 0.6 is 0 Å². The zero-order valence-corrected chi connectivity index (χ0v) is 11.1. The topological polar surface area (TPSA) is 3.24 Å². The summed E-state index contributed by atoms with van der Waals surface area (Å²) in [5.41, 5.74) is 5.09. The Balaban J connectivity index is 2.48. The quantitative estimate of drug-likeness (QED) is 0.701. The van der Waals surface area contributed by atoms with E-state index in [9.17, 15) is 0 Å². The van der Waals surface area contributed by atoms with E-state index >= 15 is 0 Å². The minimum absolute atomic E-state index is 0.814. The minimum atomic E-state index is 0.814.